The van der Waals surface area contributed by atoms with Crippen LogP contribution in [-0.4, -0.2) is 93.5 Å². The van der Waals surface area contributed by atoms with Gasteiger partial charge in [0.1, 0.15) is 0 Å². The quantitative estimate of drug-likeness (QED) is 0.758. The smallest absolute Gasteiger partial charge is 0.281 e. The Labute approximate surface area is 140 Å². The first-order chi connectivity index (χ1) is 11.1. The van der Waals surface area contributed by atoms with Crippen molar-refractivity contribution in [2.24, 2.45) is 0 Å². The molecule has 23 heavy (non-hydrogen) atoms. The van der Waals surface area contributed by atoms with Crippen LogP contribution in [0, 0.1) is 0 Å². The lowest BCUT2D eigenvalue weighted by molar-refractivity contribution is 0.0582. The maximum atomic E-state index is 12.8. The van der Waals surface area contributed by atoms with Gasteiger partial charge in [-0.25, -0.2) is 0 Å². The number of nitrogens with one attached hydrogen (secondary N) is 1. The summed E-state index contributed by atoms with van der Waals surface area (Å²) in [5.41, 5.74) is 0. The molecule has 3 heterocycles. The highest BCUT2D eigenvalue weighted by atomic mass is 32.2. The maximum Gasteiger partial charge on any atom is 0.281 e. The van der Waals surface area contributed by atoms with E-state index in [1.54, 1.807) is 15.7 Å². The van der Waals surface area contributed by atoms with E-state index in [4.69, 9.17) is 4.74 Å². The Hall–Kier alpha value is -0.250. The van der Waals surface area contributed by atoms with Crippen LogP contribution in [0.5, 0.6) is 0 Å². The van der Waals surface area contributed by atoms with E-state index < -0.39 is 10.2 Å². The first-order valence-corrected chi connectivity index (χ1v) is 10.2. The number of hydrogen-bond donors (Lipinski definition) is 1. The van der Waals surface area contributed by atoms with E-state index in [1.165, 1.54) is 0 Å². The molecule has 0 saturated carbocycles. The summed E-state index contributed by atoms with van der Waals surface area (Å²) in [6.45, 7) is 6.74. The number of hydrogen-bond acceptors (Lipinski definition) is 5. The molecule has 0 spiro atoms. The molecule has 1 N–H and O–H groups in total. The molecular formula is C15H30N4O3S. The molecule has 3 aliphatic rings. The molecule has 0 aromatic heterocycles. The molecule has 3 aliphatic heterocycles. The number of rotatable bonds is 4. The second kappa shape index (κ2) is 7.76. The Balaban J connectivity index is 1.52. The van der Waals surface area contributed by atoms with Crippen LogP contribution in [0.1, 0.15) is 25.7 Å². The molecule has 3 fully saturated rings. The standard InChI is InChI=1S/C15H30N4O3S/c1-22-15-4-10-19(11-5-15)23(20,21)18-8-2-14(3-9-18)17-12-6-16-7-13-17/h14-16H,2-13H2,1H3. The third-order valence-corrected chi connectivity index (χ3v) is 7.51. The molecule has 3 rings (SSSR count). The summed E-state index contributed by atoms with van der Waals surface area (Å²) < 4.78 is 34.3. The first-order valence-electron chi connectivity index (χ1n) is 8.84. The monoisotopic (exact) mass is 346 g/mol. The van der Waals surface area contributed by atoms with E-state index in [1.807, 2.05) is 0 Å². The van der Waals surface area contributed by atoms with Gasteiger partial charge in [0.15, 0.2) is 0 Å². The molecule has 8 heteroatoms. The average Bonchev–Trinajstić information content (AvgIpc) is 2.62. The third kappa shape index (κ3) is 4.05. The van der Waals surface area contributed by atoms with Crippen molar-refractivity contribution in [3.05, 3.63) is 0 Å². The minimum atomic E-state index is -3.29. The summed E-state index contributed by atoms with van der Waals surface area (Å²) in [4.78, 5) is 2.52. The van der Waals surface area contributed by atoms with Gasteiger partial charge in [-0.1, -0.05) is 0 Å². The summed E-state index contributed by atoms with van der Waals surface area (Å²) in [6.07, 6.45) is 3.71. The summed E-state index contributed by atoms with van der Waals surface area (Å²) >= 11 is 0. The van der Waals surface area contributed by atoms with Crippen molar-refractivity contribution in [1.29, 1.82) is 0 Å². The number of piperazine rings is 1. The van der Waals surface area contributed by atoms with Crippen LogP contribution in [-0.2, 0) is 14.9 Å². The van der Waals surface area contributed by atoms with Crippen molar-refractivity contribution in [3.63, 3.8) is 0 Å². The van der Waals surface area contributed by atoms with Crippen molar-refractivity contribution in [3.8, 4) is 0 Å². The van der Waals surface area contributed by atoms with E-state index in [9.17, 15) is 8.42 Å². The van der Waals surface area contributed by atoms with Gasteiger partial charge >= 0.3 is 0 Å². The summed E-state index contributed by atoms with van der Waals surface area (Å²) in [5, 5.41) is 3.37. The van der Waals surface area contributed by atoms with E-state index in [-0.39, 0.29) is 6.10 Å². The number of piperidine rings is 2. The third-order valence-electron chi connectivity index (χ3n) is 5.48. The van der Waals surface area contributed by atoms with Crippen LogP contribution in [0.4, 0.5) is 0 Å². The molecule has 134 valence electrons. The Morgan fingerprint density at radius 2 is 1.39 bits per heavy atom. The van der Waals surface area contributed by atoms with Crippen molar-refractivity contribution in [2.75, 3.05) is 59.5 Å². The lowest BCUT2D eigenvalue weighted by Crippen LogP contribution is -2.55. The summed E-state index contributed by atoms with van der Waals surface area (Å²) in [6, 6.07) is 0.544. The lowest BCUT2D eigenvalue weighted by Gasteiger charge is -2.41. The summed E-state index contributed by atoms with van der Waals surface area (Å²) in [5.74, 6) is 0. The van der Waals surface area contributed by atoms with Crippen molar-refractivity contribution < 1.29 is 13.2 Å². The zero-order valence-corrected chi connectivity index (χ0v) is 14.9. The van der Waals surface area contributed by atoms with E-state index in [0.717, 1.165) is 51.9 Å². The second-order valence-corrected chi connectivity index (χ2v) is 8.69. The number of methoxy groups -OCH3 is 1. The molecule has 0 aromatic rings. The van der Waals surface area contributed by atoms with Crippen molar-refractivity contribution in [1.82, 2.24) is 18.8 Å². The molecule has 0 atom stereocenters. The van der Waals surface area contributed by atoms with E-state index in [2.05, 4.69) is 10.2 Å². The van der Waals surface area contributed by atoms with Gasteiger partial charge in [0, 0.05) is 65.5 Å². The SMILES string of the molecule is COC1CCN(S(=O)(=O)N2CCC(N3CCNCC3)CC2)CC1. The normalized spacial score (nSPS) is 28.2. The molecule has 7 nitrogen and oxygen atoms in total. The predicted octanol–water partition coefficient (Wildman–Crippen LogP) is -0.288. The van der Waals surface area contributed by atoms with E-state index >= 15 is 0 Å². The molecule has 3 saturated heterocycles. The zero-order chi connectivity index (χ0) is 16.3. The van der Waals surface area contributed by atoms with Crippen LogP contribution in [0.25, 0.3) is 0 Å². The van der Waals surface area contributed by atoms with Gasteiger partial charge in [0.2, 0.25) is 0 Å². The van der Waals surface area contributed by atoms with Crippen LogP contribution in [0.2, 0.25) is 0 Å². The molecule has 0 bridgehead atoms. The van der Waals surface area contributed by atoms with Gasteiger partial charge < -0.3 is 10.1 Å². The molecule has 0 radical (unpaired) electrons. The fourth-order valence-electron chi connectivity index (χ4n) is 3.95. The number of ether oxygens (including phenoxy) is 1. The van der Waals surface area contributed by atoms with Gasteiger partial charge in [-0.15, -0.1) is 0 Å². The highest BCUT2D eigenvalue weighted by Crippen LogP contribution is 2.23. The Bertz CT molecular complexity index is 465. The summed E-state index contributed by atoms with van der Waals surface area (Å²) in [7, 11) is -1.59. The van der Waals surface area contributed by atoms with Crippen LogP contribution < -0.4 is 5.32 Å². The predicted molar refractivity (Wildman–Crippen MR) is 89.6 cm³/mol. The van der Waals surface area contributed by atoms with Crippen molar-refractivity contribution >= 4 is 10.2 Å². The number of nitrogens with zero attached hydrogens (tertiary/aromatic N) is 3. The second-order valence-electron chi connectivity index (χ2n) is 6.76. The van der Waals surface area contributed by atoms with Crippen LogP contribution >= 0.6 is 0 Å². The van der Waals surface area contributed by atoms with Crippen LogP contribution in [0.15, 0.2) is 0 Å². The van der Waals surface area contributed by atoms with Crippen molar-refractivity contribution in [2.45, 2.75) is 37.8 Å². The minimum Gasteiger partial charge on any atom is -0.381 e. The largest absolute Gasteiger partial charge is 0.381 e. The maximum absolute atomic E-state index is 12.8. The minimum absolute atomic E-state index is 0.208. The first kappa shape index (κ1) is 17.6. The molecular weight excluding hydrogens is 316 g/mol. The zero-order valence-electron chi connectivity index (χ0n) is 14.1. The molecule has 0 aromatic carbocycles. The Kier molecular flexibility index (Phi) is 5.92. The van der Waals surface area contributed by atoms with Gasteiger partial charge in [-0.2, -0.15) is 17.0 Å². The van der Waals surface area contributed by atoms with E-state index in [0.29, 0.717) is 32.2 Å². The molecule has 0 aliphatic carbocycles. The molecule has 0 amide bonds. The average molecular weight is 346 g/mol. The highest BCUT2D eigenvalue weighted by Gasteiger charge is 2.36. The van der Waals surface area contributed by atoms with Gasteiger partial charge in [-0.05, 0) is 25.7 Å². The fourth-order valence-corrected chi connectivity index (χ4v) is 5.62. The topological polar surface area (TPSA) is 65.1 Å². The lowest BCUT2D eigenvalue weighted by atomic mass is 10.0. The Morgan fingerprint density at radius 1 is 0.870 bits per heavy atom. The fraction of sp³-hybridized carbons (Fsp3) is 1.00. The highest BCUT2D eigenvalue weighted by molar-refractivity contribution is 7.86. The van der Waals surface area contributed by atoms with Gasteiger partial charge in [-0.3, -0.25) is 4.90 Å². The van der Waals surface area contributed by atoms with Gasteiger partial charge in [0.25, 0.3) is 10.2 Å². The van der Waals surface area contributed by atoms with Crippen LogP contribution in [0.3, 0.4) is 0 Å². The van der Waals surface area contributed by atoms with Gasteiger partial charge in [0.05, 0.1) is 6.10 Å². The Morgan fingerprint density at radius 3 is 1.91 bits per heavy atom. The molecule has 0 unspecified atom stereocenters.